The molecule has 0 aliphatic carbocycles. The van der Waals surface area contributed by atoms with Crippen LogP contribution < -0.4 is 19.5 Å². The van der Waals surface area contributed by atoms with Crippen molar-refractivity contribution in [1.82, 2.24) is 4.90 Å². The second kappa shape index (κ2) is 11.3. The standard InChI is InChI=1S/C27H32N2O7/c1-17-5-4-6-18(2)29(17)25(30)16-35-22-10-7-20(8-11-22)27(32)36-19(3)26(31)28-21-9-12-23-24(15-21)34-14-13-33-23/h7-12,15,17-19H,4-6,13-14,16H2,1-3H3,(H,28,31). The average Bonchev–Trinajstić information content (AvgIpc) is 2.87. The average molecular weight is 497 g/mol. The third-order valence-electron chi connectivity index (χ3n) is 6.40. The van der Waals surface area contributed by atoms with E-state index in [1.165, 1.54) is 6.92 Å². The third kappa shape index (κ3) is 6.08. The molecule has 1 saturated heterocycles. The number of ether oxygens (including phenoxy) is 4. The molecule has 0 bridgehead atoms. The van der Waals surface area contributed by atoms with E-state index in [2.05, 4.69) is 19.2 Å². The van der Waals surface area contributed by atoms with Gasteiger partial charge in [0.25, 0.3) is 11.8 Å². The van der Waals surface area contributed by atoms with E-state index in [4.69, 9.17) is 18.9 Å². The van der Waals surface area contributed by atoms with Gasteiger partial charge in [-0.2, -0.15) is 0 Å². The summed E-state index contributed by atoms with van der Waals surface area (Å²) in [6, 6.07) is 11.8. The molecular formula is C27H32N2O7. The summed E-state index contributed by atoms with van der Waals surface area (Å²) in [6.07, 6.45) is 2.11. The molecule has 9 heteroatoms. The lowest BCUT2D eigenvalue weighted by Gasteiger charge is -2.38. The van der Waals surface area contributed by atoms with Gasteiger partial charge in [-0.15, -0.1) is 0 Å². The summed E-state index contributed by atoms with van der Waals surface area (Å²) in [5.41, 5.74) is 0.780. The fourth-order valence-electron chi connectivity index (χ4n) is 4.47. The van der Waals surface area contributed by atoms with Gasteiger partial charge in [0.05, 0.1) is 5.56 Å². The van der Waals surface area contributed by atoms with E-state index >= 15 is 0 Å². The van der Waals surface area contributed by atoms with Crippen LogP contribution in [0.25, 0.3) is 0 Å². The zero-order chi connectivity index (χ0) is 25.7. The summed E-state index contributed by atoms with van der Waals surface area (Å²) in [6.45, 7) is 6.48. The second-order valence-electron chi connectivity index (χ2n) is 9.14. The van der Waals surface area contributed by atoms with Crippen LogP contribution in [0, 0.1) is 0 Å². The first-order valence-corrected chi connectivity index (χ1v) is 12.3. The molecule has 2 aliphatic rings. The predicted octanol–water partition coefficient (Wildman–Crippen LogP) is 3.81. The Morgan fingerprint density at radius 1 is 1.00 bits per heavy atom. The number of nitrogens with zero attached hydrogens (tertiary/aromatic N) is 1. The highest BCUT2D eigenvalue weighted by Crippen LogP contribution is 2.32. The number of benzene rings is 2. The fourth-order valence-corrected chi connectivity index (χ4v) is 4.47. The Morgan fingerprint density at radius 2 is 1.67 bits per heavy atom. The maximum absolute atomic E-state index is 12.6. The van der Waals surface area contributed by atoms with Crippen LogP contribution in [0.5, 0.6) is 17.2 Å². The molecule has 3 unspecified atom stereocenters. The lowest BCUT2D eigenvalue weighted by atomic mass is 9.97. The molecule has 0 aromatic heterocycles. The van der Waals surface area contributed by atoms with Crippen LogP contribution in [0.2, 0.25) is 0 Å². The second-order valence-corrected chi connectivity index (χ2v) is 9.14. The van der Waals surface area contributed by atoms with Crippen molar-refractivity contribution in [3.8, 4) is 17.2 Å². The van der Waals surface area contributed by atoms with Gasteiger partial charge in [-0.3, -0.25) is 9.59 Å². The molecule has 0 spiro atoms. The smallest absolute Gasteiger partial charge is 0.338 e. The molecule has 9 nitrogen and oxygen atoms in total. The van der Waals surface area contributed by atoms with E-state index in [1.807, 2.05) is 4.90 Å². The van der Waals surface area contributed by atoms with Gasteiger partial charge in [-0.25, -0.2) is 4.79 Å². The van der Waals surface area contributed by atoms with Crippen molar-refractivity contribution in [2.75, 3.05) is 25.1 Å². The molecule has 3 atom stereocenters. The molecule has 1 fully saturated rings. The number of fused-ring (bicyclic) bond motifs is 1. The van der Waals surface area contributed by atoms with Crippen LogP contribution in [0.4, 0.5) is 5.69 Å². The molecule has 0 saturated carbocycles. The third-order valence-corrected chi connectivity index (χ3v) is 6.40. The zero-order valence-electron chi connectivity index (χ0n) is 20.8. The monoisotopic (exact) mass is 496 g/mol. The van der Waals surface area contributed by atoms with E-state index in [9.17, 15) is 14.4 Å². The van der Waals surface area contributed by atoms with Gasteiger partial charge in [0.1, 0.15) is 19.0 Å². The Balaban J connectivity index is 1.26. The number of amides is 2. The number of hydrogen-bond acceptors (Lipinski definition) is 7. The van der Waals surface area contributed by atoms with Crippen molar-refractivity contribution in [1.29, 1.82) is 0 Å². The lowest BCUT2D eigenvalue weighted by Crippen LogP contribution is -2.49. The summed E-state index contributed by atoms with van der Waals surface area (Å²) in [5.74, 6) is 0.481. The predicted molar refractivity (Wildman–Crippen MR) is 132 cm³/mol. The first-order chi connectivity index (χ1) is 17.3. The van der Waals surface area contributed by atoms with Crippen molar-refractivity contribution in [3.63, 3.8) is 0 Å². The fraction of sp³-hybridized carbons (Fsp3) is 0.444. The topological polar surface area (TPSA) is 103 Å². The first kappa shape index (κ1) is 25.3. The van der Waals surface area contributed by atoms with Crippen molar-refractivity contribution in [2.45, 2.75) is 58.2 Å². The number of rotatable bonds is 7. The molecule has 2 aliphatic heterocycles. The SMILES string of the molecule is CC(OC(=O)c1ccc(OCC(=O)N2C(C)CCCC2C)cc1)C(=O)Nc1ccc2c(c1)OCCO2. The van der Waals surface area contributed by atoms with E-state index < -0.39 is 18.0 Å². The molecule has 2 aromatic carbocycles. The number of carbonyl (C=O) groups excluding carboxylic acids is 3. The highest BCUT2D eigenvalue weighted by Gasteiger charge is 2.29. The minimum Gasteiger partial charge on any atom is -0.486 e. The van der Waals surface area contributed by atoms with Gasteiger partial charge in [0, 0.05) is 23.8 Å². The number of anilines is 1. The number of hydrogen-bond donors (Lipinski definition) is 1. The van der Waals surface area contributed by atoms with Crippen molar-refractivity contribution in [3.05, 3.63) is 48.0 Å². The van der Waals surface area contributed by atoms with E-state index in [0.717, 1.165) is 19.3 Å². The molecule has 2 amide bonds. The first-order valence-electron chi connectivity index (χ1n) is 12.3. The molecule has 4 rings (SSSR count). The lowest BCUT2D eigenvalue weighted by molar-refractivity contribution is -0.139. The van der Waals surface area contributed by atoms with Gasteiger partial charge in [0.2, 0.25) is 0 Å². The Kier molecular flexibility index (Phi) is 7.97. The van der Waals surface area contributed by atoms with Crippen molar-refractivity contribution >= 4 is 23.5 Å². The molecule has 2 heterocycles. The zero-order valence-corrected chi connectivity index (χ0v) is 20.8. The van der Waals surface area contributed by atoms with E-state index in [0.29, 0.717) is 36.1 Å². The van der Waals surface area contributed by atoms with Crippen LogP contribution in [-0.2, 0) is 14.3 Å². The highest BCUT2D eigenvalue weighted by atomic mass is 16.6. The van der Waals surface area contributed by atoms with Crippen molar-refractivity contribution < 1.29 is 33.3 Å². The van der Waals surface area contributed by atoms with Crippen LogP contribution >= 0.6 is 0 Å². The molecule has 36 heavy (non-hydrogen) atoms. The normalized spacial score (nSPS) is 19.7. The highest BCUT2D eigenvalue weighted by molar-refractivity contribution is 5.97. The minimum atomic E-state index is -1.02. The van der Waals surface area contributed by atoms with Gasteiger partial charge >= 0.3 is 5.97 Å². The molecule has 2 aromatic rings. The van der Waals surface area contributed by atoms with Gasteiger partial charge in [-0.1, -0.05) is 0 Å². The summed E-state index contributed by atoms with van der Waals surface area (Å²) < 4.78 is 22.0. The Hall–Kier alpha value is -3.75. The van der Waals surface area contributed by atoms with Crippen LogP contribution in [0.15, 0.2) is 42.5 Å². The van der Waals surface area contributed by atoms with E-state index in [1.54, 1.807) is 42.5 Å². The summed E-state index contributed by atoms with van der Waals surface area (Å²) in [7, 11) is 0. The Morgan fingerprint density at radius 3 is 2.36 bits per heavy atom. The maximum Gasteiger partial charge on any atom is 0.338 e. The Bertz CT molecular complexity index is 1090. The quantitative estimate of drug-likeness (QED) is 0.582. The number of likely N-dealkylation sites (tertiary alicyclic amines) is 1. The van der Waals surface area contributed by atoms with Gasteiger partial charge in [0.15, 0.2) is 24.2 Å². The minimum absolute atomic E-state index is 0.0453. The summed E-state index contributed by atoms with van der Waals surface area (Å²) in [5, 5.41) is 2.71. The summed E-state index contributed by atoms with van der Waals surface area (Å²) in [4.78, 5) is 39.6. The largest absolute Gasteiger partial charge is 0.486 e. The molecular weight excluding hydrogens is 464 g/mol. The van der Waals surface area contributed by atoms with Crippen LogP contribution in [0.3, 0.4) is 0 Å². The van der Waals surface area contributed by atoms with Gasteiger partial charge < -0.3 is 29.2 Å². The number of carbonyl (C=O) groups is 3. The van der Waals surface area contributed by atoms with Crippen molar-refractivity contribution in [2.24, 2.45) is 0 Å². The Labute approximate surface area is 210 Å². The van der Waals surface area contributed by atoms with E-state index in [-0.39, 0.29) is 30.2 Å². The number of nitrogens with one attached hydrogen (secondary N) is 1. The van der Waals surface area contributed by atoms with Crippen LogP contribution in [-0.4, -0.2) is 60.7 Å². The molecule has 192 valence electrons. The number of piperidine rings is 1. The molecule has 0 radical (unpaired) electrons. The molecule has 1 N–H and O–H groups in total. The maximum atomic E-state index is 12.6. The summed E-state index contributed by atoms with van der Waals surface area (Å²) >= 11 is 0. The number of esters is 1. The van der Waals surface area contributed by atoms with Gasteiger partial charge in [-0.05, 0) is 76.4 Å². The van der Waals surface area contributed by atoms with Crippen LogP contribution in [0.1, 0.15) is 50.4 Å².